The minimum Gasteiger partial charge on any atom is -0.478 e. The van der Waals surface area contributed by atoms with Crippen LogP contribution in [0.3, 0.4) is 0 Å². The Labute approximate surface area is 257 Å². The third-order valence-corrected chi connectivity index (χ3v) is 8.84. The monoisotopic (exact) mass is 604 g/mol. The molecule has 1 aromatic heterocycles. The Kier molecular flexibility index (Phi) is 8.09. The van der Waals surface area contributed by atoms with E-state index in [1.807, 2.05) is 60.7 Å². The number of amides is 2. The highest BCUT2D eigenvalue weighted by atomic mass is 35.5. The summed E-state index contributed by atoms with van der Waals surface area (Å²) in [5.41, 5.74) is 5.52. The predicted molar refractivity (Wildman–Crippen MR) is 171 cm³/mol. The fourth-order valence-corrected chi connectivity index (χ4v) is 6.35. The van der Waals surface area contributed by atoms with E-state index in [1.165, 1.54) is 4.90 Å². The molecule has 0 spiro atoms. The van der Waals surface area contributed by atoms with Gasteiger partial charge in [0.05, 0.1) is 27.9 Å². The summed E-state index contributed by atoms with van der Waals surface area (Å²) >= 11 is 7.75. The maximum atomic E-state index is 13.2. The molecular formula is C35H25ClN2O4S. The summed E-state index contributed by atoms with van der Waals surface area (Å²) in [7, 11) is 0. The molecule has 0 bridgehead atoms. The van der Waals surface area contributed by atoms with Crippen molar-refractivity contribution in [2.24, 2.45) is 0 Å². The van der Waals surface area contributed by atoms with E-state index in [0.29, 0.717) is 21.9 Å². The van der Waals surface area contributed by atoms with Crippen LogP contribution in [0, 0.1) is 0 Å². The molecule has 0 aliphatic carbocycles. The molecule has 0 saturated carbocycles. The van der Waals surface area contributed by atoms with E-state index in [1.54, 1.807) is 60.3 Å². The molecule has 212 valence electrons. The topological polar surface area (TPSA) is 87.6 Å². The molecule has 1 aliphatic rings. The van der Waals surface area contributed by atoms with E-state index < -0.39 is 5.97 Å². The molecule has 0 fully saturated rings. The van der Waals surface area contributed by atoms with Crippen LogP contribution in [0.2, 0.25) is 5.02 Å². The number of hydrogen-bond acceptors (Lipinski definition) is 5. The second-order valence-corrected chi connectivity index (χ2v) is 11.8. The fraction of sp³-hybridized carbons (Fsp3) is 0.0857. The molecule has 5 aromatic rings. The maximum absolute atomic E-state index is 13.2. The minimum absolute atomic E-state index is 0.199. The standard InChI is InChI=1S/C35H25ClN2O4S/c36-27-15-13-24-14-17-28(37-31(24)19-27)16-10-22-4-3-5-26(18-22)32(43-21-23-8-11-25(12-9-23)35(41)42)20-38-33(39)29-6-1-2-7-30(29)34(38)40/h1-19,32H,20-21H2,(H,41,42)/b16-10+. The van der Waals surface area contributed by atoms with Crippen molar-refractivity contribution in [3.63, 3.8) is 0 Å². The Balaban J connectivity index is 1.27. The van der Waals surface area contributed by atoms with Crippen LogP contribution in [-0.4, -0.2) is 39.3 Å². The van der Waals surface area contributed by atoms with Gasteiger partial charge in [-0.3, -0.25) is 14.5 Å². The van der Waals surface area contributed by atoms with Gasteiger partial charge in [-0.25, -0.2) is 9.78 Å². The molecule has 8 heteroatoms. The summed E-state index contributed by atoms with van der Waals surface area (Å²) in [6, 6.07) is 31.2. The van der Waals surface area contributed by atoms with Crippen LogP contribution in [0.5, 0.6) is 0 Å². The number of halogens is 1. The number of pyridine rings is 1. The Morgan fingerprint density at radius 3 is 2.30 bits per heavy atom. The van der Waals surface area contributed by atoms with Gasteiger partial charge in [-0.1, -0.05) is 78.3 Å². The number of aromatic nitrogens is 1. The summed E-state index contributed by atoms with van der Waals surface area (Å²) in [6.45, 7) is 0.199. The Bertz CT molecular complexity index is 1870. The minimum atomic E-state index is -0.977. The van der Waals surface area contributed by atoms with Gasteiger partial charge in [0.15, 0.2) is 0 Å². The van der Waals surface area contributed by atoms with E-state index in [0.717, 1.165) is 33.3 Å². The zero-order chi connectivity index (χ0) is 29.9. The van der Waals surface area contributed by atoms with Crippen LogP contribution in [0.15, 0.2) is 103 Å². The van der Waals surface area contributed by atoms with Crippen molar-refractivity contribution in [2.75, 3.05) is 6.54 Å². The van der Waals surface area contributed by atoms with Gasteiger partial charge in [-0.2, -0.15) is 0 Å². The second-order valence-electron chi connectivity index (χ2n) is 10.1. The summed E-state index contributed by atoms with van der Waals surface area (Å²) < 4.78 is 0. The number of hydrogen-bond donors (Lipinski definition) is 1. The van der Waals surface area contributed by atoms with Crippen molar-refractivity contribution < 1.29 is 19.5 Å². The normalized spacial score (nSPS) is 13.6. The van der Waals surface area contributed by atoms with E-state index in [9.17, 15) is 19.5 Å². The number of fused-ring (bicyclic) bond motifs is 2. The average Bonchev–Trinajstić information content (AvgIpc) is 3.26. The van der Waals surface area contributed by atoms with Gasteiger partial charge in [0.25, 0.3) is 11.8 Å². The molecule has 43 heavy (non-hydrogen) atoms. The number of imide groups is 1. The molecule has 2 amide bonds. The summed E-state index contributed by atoms with van der Waals surface area (Å²) in [6.07, 6.45) is 3.92. The first-order chi connectivity index (χ1) is 20.9. The smallest absolute Gasteiger partial charge is 0.335 e. The molecule has 1 N–H and O–H groups in total. The van der Waals surface area contributed by atoms with E-state index in [-0.39, 0.29) is 29.2 Å². The fourth-order valence-electron chi connectivity index (χ4n) is 5.01. The second kappa shape index (κ2) is 12.3. The van der Waals surface area contributed by atoms with E-state index in [2.05, 4.69) is 6.07 Å². The average molecular weight is 605 g/mol. The first kappa shape index (κ1) is 28.4. The number of thioether (sulfide) groups is 1. The van der Waals surface area contributed by atoms with Gasteiger partial charge in [0.1, 0.15) is 0 Å². The van der Waals surface area contributed by atoms with Gasteiger partial charge >= 0.3 is 5.97 Å². The van der Waals surface area contributed by atoms with Gasteiger partial charge in [-0.05, 0) is 65.2 Å². The number of carbonyl (C=O) groups is 3. The van der Waals surface area contributed by atoms with Crippen LogP contribution >= 0.6 is 23.4 Å². The van der Waals surface area contributed by atoms with Crippen molar-refractivity contribution in [2.45, 2.75) is 11.0 Å². The SMILES string of the molecule is O=C(O)c1ccc(CSC(CN2C(=O)c3ccccc3C2=O)c2cccc(/C=C/c3ccc4ccc(Cl)cc4n3)c2)cc1. The Morgan fingerprint density at radius 2 is 1.58 bits per heavy atom. The van der Waals surface area contributed by atoms with Crippen LogP contribution in [-0.2, 0) is 5.75 Å². The Morgan fingerprint density at radius 1 is 0.860 bits per heavy atom. The lowest BCUT2D eigenvalue weighted by molar-refractivity contribution is 0.0651. The molecule has 1 aliphatic heterocycles. The van der Waals surface area contributed by atoms with Crippen molar-refractivity contribution in [1.29, 1.82) is 0 Å². The third kappa shape index (κ3) is 6.23. The van der Waals surface area contributed by atoms with E-state index >= 15 is 0 Å². The number of benzene rings is 4. The molecule has 1 atom stereocenters. The number of carboxylic acid groups (broad SMARTS) is 1. The molecule has 0 radical (unpaired) electrons. The molecule has 0 saturated heterocycles. The summed E-state index contributed by atoms with van der Waals surface area (Å²) in [5.74, 6) is -1.00. The van der Waals surface area contributed by atoms with Crippen LogP contribution in [0.4, 0.5) is 0 Å². The van der Waals surface area contributed by atoms with Crippen molar-refractivity contribution in [3.8, 4) is 0 Å². The summed E-state index contributed by atoms with van der Waals surface area (Å²) in [5, 5.41) is 10.7. The van der Waals surface area contributed by atoms with E-state index in [4.69, 9.17) is 16.6 Å². The first-order valence-corrected chi connectivity index (χ1v) is 15.0. The highest BCUT2D eigenvalue weighted by Crippen LogP contribution is 2.36. The Hall–Kier alpha value is -4.72. The molecular weight excluding hydrogens is 580 g/mol. The van der Waals surface area contributed by atoms with Crippen LogP contribution < -0.4 is 0 Å². The molecule has 4 aromatic carbocycles. The lowest BCUT2D eigenvalue weighted by Gasteiger charge is -2.23. The highest BCUT2D eigenvalue weighted by molar-refractivity contribution is 7.98. The number of aromatic carboxylic acids is 1. The zero-order valence-electron chi connectivity index (χ0n) is 22.8. The van der Waals surface area contributed by atoms with Crippen molar-refractivity contribution in [3.05, 3.63) is 147 Å². The van der Waals surface area contributed by atoms with Gasteiger partial charge in [-0.15, -0.1) is 11.8 Å². The van der Waals surface area contributed by atoms with Crippen LogP contribution in [0.1, 0.15) is 58.7 Å². The quantitative estimate of drug-likeness (QED) is 0.171. The van der Waals surface area contributed by atoms with Gasteiger partial charge in [0, 0.05) is 28.0 Å². The molecule has 2 heterocycles. The largest absolute Gasteiger partial charge is 0.478 e. The third-order valence-electron chi connectivity index (χ3n) is 7.28. The number of nitrogens with zero attached hydrogens (tertiary/aromatic N) is 2. The summed E-state index contributed by atoms with van der Waals surface area (Å²) in [4.78, 5) is 43.7. The number of carbonyl (C=O) groups excluding carboxylic acids is 2. The number of carboxylic acids is 1. The van der Waals surface area contributed by atoms with Gasteiger partial charge < -0.3 is 5.11 Å². The van der Waals surface area contributed by atoms with Gasteiger partial charge in [0.2, 0.25) is 0 Å². The zero-order valence-corrected chi connectivity index (χ0v) is 24.4. The van der Waals surface area contributed by atoms with Crippen molar-refractivity contribution in [1.82, 2.24) is 9.88 Å². The molecule has 1 unspecified atom stereocenters. The first-order valence-electron chi connectivity index (χ1n) is 13.6. The lowest BCUT2D eigenvalue weighted by Crippen LogP contribution is -2.33. The van der Waals surface area contributed by atoms with Crippen LogP contribution in [0.25, 0.3) is 23.1 Å². The maximum Gasteiger partial charge on any atom is 0.335 e. The van der Waals surface area contributed by atoms with Crippen molar-refractivity contribution >= 4 is 64.2 Å². The molecule has 6 nitrogen and oxygen atoms in total. The lowest BCUT2D eigenvalue weighted by atomic mass is 10.1. The number of rotatable bonds is 9. The molecule has 6 rings (SSSR count). The highest BCUT2D eigenvalue weighted by Gasteiger charge is 2.36. The predicted octanol–water partition coefficient (Wildman–Crippen LogP) is 8.03.